The highest BCUT2D eigenvalue weighted by Gasteiger charge is 2.19. The Morgan fingerprint density at radius 2 is 1.69 bits per heavy atom. The Balaban J connectivity index is 1.65. The van der Waals surface area contributed by atoms with Crippen LogP contribution in [0, 0.1) is 0 Å². The van der Waals surface area contributed by atoms with Gasteiger partial charge in [-0.1, -0.05) is 36.4 Å². The molecule has 0 spiro atoms. The lowest BCUT2D eigenvalue weighted by Gasteiger charge is -2.22. The molecule has 2 aromatic carbocycles. The van der Waals surface area contributed by atoms with Crippen LogP contribution < -0.4 is 9.47 Å². The lowest BCUT2D eigenvalue weighted by molar-refractivity contribution is -0.144. The maximum absolute atomic E-state index is 12.6. The summed E-state index contributed by atoms with van der Waals surface area (Å²) in [5.74, 6) is 0.0446. The van der Waals surface area contributed by atoms with Gasteiger partial charge in [-0.05, 0) is 29.7 Å². The first-order valence-electron chi connectivity index (χ1n) is 8.54. The molecule has 0 bridgehead atoms. The zero-order valence-corrected chi connectivity index (χ0v) is 14.4. The average Bonchev–Trinajstić information content (AvgIpc) is 2.65. The van der Waals surface area contributed by atoms with Gasteiger partial charge >= 0.3 is 5.97 Å². The van der Waals surface area contributed by atoms with Crippen LogP contribution in [0.2, 0.25) is 0 Å². The molecule has 0 radical (unpaired) electrons. The zero-order chi connectivity index (χ0) is 18.4. The van der Waals surface area contributed by atoms with Gasteiger partial charge in [0.15, 0.2) is 11.5 Å². The van der Waals surface area contributed by atoms with E-state index in [-0.39, 0.29) is 18.9 Å². The SMILES string of the molecule is O=C(O)CN(CCc1ccccc1)C(=O)Cc1ccc2c(c1)OCCO2. The number of carboxylic acid groups (broad SMARTS) is 1. The number of amides is 1. The van der Waals surface area contributed by atoms with E-state index >= 15 is 0 Å². The summed E-state index contributed by atoms with van der Waals surface area (Å²) in [6.45, 7) is 1.04. The van der Waals surface area contributed by atoms with Crippen molar-refractivity contribution in [2.45, 2.75) is 12.8 Å². The van der Waals surface area contributed by atoms with Crippen LogP contribution in [0.3, 0.4) is 0 Å². The van der Waals surface area contributed by atoms with Gasteiger partial charge in [0.1, 0.15) is 19.8 Å². The van der Waals surface area contributed by atoms with E-state index in [1.807, 2.05) is 36.4 Å². The molecule has 1 heterocycles. The van der Waals surface area contributed by atoms with Gasteiger partial charge in [-0.3, -0.25) is 9.59 Å². The van der Waals surface area contributed by atoms with E-state index in [1.54, 1.807) is 12.1 Å². The van der Waals surface area contributed by atoms with Gasteiger partial charge in [0, 0.05) is 6.54 Å². The van der Waals surface area contributed by atoms with Crippen LogP contribution in [0.25, 0.3) is 0 Å². The lowest BCUT2D eigenvalue weighted by Crippen LogP contribution is -2.38. The molecule has 0 atom stereocenters. The summed E-state index contributed by atoms with van der Waals surface area (Å²) in [6, 6.07) is 15.1. The predicted molar refractivity (Wildman–Crippen MR) is 95.5 cm³/mol. The number of benzene rings is 2. The molecular weight excluding hydrogens is 334 g/mol. The van der Waals surface area contributed by atoms with Gasteiger partial charge in [-0.2, -0.15) is 0 Å². The second-order valence-electron chi connectivity index (χ2n) is 6.10. The molecular formula is C20H21NO5. The monoisotopic (exact) mass is 355 g/mol. The Morgan fingerprint density at radius 3 is 2.42 bits per heavy atom. The average molecular weight is 355 g/mol. The zero-order valence-electron chi connectivity index (χ0n) is 14.4. The molecule has 1 N–H and O–H groups in total. The molecule has 26 heavy (non-hydrogen) atoms. The number of carbonyl (C=O) groups excluding carboxylic acids is 1. The molecule has 0 saturated carbocycles. The minimum absolute atomic E-state index is 0.124. The molecule has 0 unspecified atom stereocenters. The van der Waals surface area contributed by atoms with Crippen LogP contribution >= 0.6 is 0 Å². The number of hydrogen-bond donors (Lipinski definition) is 1. The van der Waals surface area contributed by atoms with Gasteiger partial charge in [0.2, 0.25) is 5.91 Å². The summed E-state index contributed by atoms with van der Waals surface area (Å²) in [7, 11) is 0. The highest BCUT2D eigenvalue weighted by molar-refractivity contribution is 5.83. The largest absolute Gasteiger partial charge is 0.486 e. The van der Waals surface area contributed by atoms with E-state index < -0.39 is 5.97 Å². The van der Waals surface area contributed by atoms with Crippen molar-refractivity contribution < 1.29 is 24.2 Å². The number of carboxylic acids is 1. The Kier molecular flexibility index (Phi) is 5.73. The van der Waals surface area contributed by atoms with Crippen LogP contribution in [0.1, 0.15) is 11.1 Å². The number of rotatable bonds is 7. The highest BCUT2D eigenvalue weighted by Crippen LogP contribution is 2.30. The van der Waals surface area contributed by atoms with Crippen molar-refractivity contribution in [1.29, 1.82) is 0 Å². The first kappa shape index (κ1) is 17.8. The molecule has 6 nitrogen and oxygen atoms in total. The Hall–Kier alpha value is -3.02. The fraction of sp³-hybridized carbons (Fsp3) is 0.300. The van der Waals surface area contributed by atoms with Crippen molar-refractivity contribution >= 4 is 11.9 Å². The summed E-state index contributed by atoms with van der Waals surface area (Å²) in [4.78, 5) is 25.1. The minimum atomic E-state index is -1.02. The lowest BCUT2D eigenvalue weighted by atomic mass is 10.1. The van der Waals surface area contributed by atoms with Gasteiger partial charge in [0.25, 0.3) is 0 Å². The van der Waals surface area contributed by atoms with E-state index in [9.17, 15) is 9.59 Å². The topological polar surface area (TPSA) is 76.1 Å². The van der Waals surface area contributed by atoms with E-state index in [4.69, 9.17) is 14.6 Å². The van der Waals surface area contributed by atoms with E-state index in [0.717, 1.165) is 11.1 Å². The van der Waals surface area contributed by atoms with Crippen molar-refractivity contribution in [3.05, 3.63) is 59.7 Å². The molecule has 0 aliphatic carbocycles. The standard InChI is InChI=1S/C20H21NO5/c22-19(13-16-6-7-17-18(12-16)26-11-10-25-17)21(14-20(23)24)9-8-15-4-2-1-3-5-15/h1-7,12H,8-11,13-14H2,(H,23,24). The number of hydrogen-bond acceptors (Lipinski definition) is 4. The second-order valence-corrected chi connectivity index (χ2v) is 6.10. The Bertz CT molecular complexity index is 775. The summed E-state index contributed by atoms with van der Waals surface area (Å²) >= 11 is 0. The van der Waals surface area contributed by atoms with Crippen molar-refractivity contribution in [2.75, 3.05) is 26.3 Å². The molecule has 0 saturated heterocycles. The molecule has 6 heteroatoms. The normalized spacial score (nSPS) is 12.5. The van der Waals surface area contributed by atoms with Gasteiger partial charge in [-0.25, -0.2) is 0 Å². The molecule has 1 aliphatic rings. The Labute approximate surface area is 152 Å². The molecule has 2 aromatic rings. The van der Waals surface area contributed by atoms with Gasteiger partial charge in [-0.15, -0.1) is 0 Å². The van der Waals surface area contributed by atoms with Crippen molar-refractivity contribution in [1.82, 2.24) is 4.90 Å². The number of nitrogens with zero attached hydrogens (tertiary/aromatic N) is 1. The van der Waals surface area contributed by atoms with Gasteiger partial charge in [0.05, 0.1) is 6.42 Å². The predicted octanol–water partition coefficient (Wildman–Crippen LogP) is 2.16. The van der Waals surface area contributed by atoms with Crippen LogP contribution in [-0.4, -0.2) is 48.2 Å². The van der Waals surface area contributed by atoms with E-state index in [0.29, 0.717) is 37.7 Å². The van der Waals surface area contributed by atoms with Crippen molar-refractivity contribution in [3.8, 4) is 11.5 Å². The third kappa shape index (κ3) is 4.75. The first-order chi connectivity index (χ1) is 12.6. The highest BCUT2D eigenvalue weighted by atomic mass is 16.6. The second kappa shape index (κ2) is 8.38. The van der Waals surface area contributed by atoms with Crippen LogP contribution in [0.15, 0.2) is 48.5 Å². The van der Waals surface area contributed by atoms with E-state index in [2.05, 4.69) is 0 Å². The number of ether oxygens (including phenoxy) is 2. The van der Waals surface area contributed by atoms with Crippen LogP contribution in [0.4, 0.5) is 0 Å². The van der Waals surface area contributed by atoms with Crippen molar-refractivity contribution in [2.24, 2.45) is 0 Å². The maximum atomic E-state index is 12.6. The molecule has 1 amide bonds. The first-order valence-corrected chi connectivity index (χ1v) is 8.54. The summed E-state index contributed by atoms with van der Waals surface area (Å²) in [5.41, 5.74) is 1.84. The van der Waals surface area contributed by atoms with Crippen molar-refractivity contribution in [3.63, 3.8) is 0 Å². The number of fused-ring (bicyclic) bond motifs is 1. The third-order valence-corrected chi connectivity index (χ3v) is 4.15. The van der Waals surface area contributed by atoms with Crippen LogP contribution in [0.5, 0.6) is 11.5 Å². The quantitative estimate of drug-likeness (QED) is 0.824. The van der Waals surface area contributed by atoms with Crippen LogP contribution in [-0.2, 0) is 22.4 Å². The fourth-order valence-corrected chi connectivity index (χ4v) is 2.85. The number of carbonyl (C=O) groups is 2. The third-order valence-electron chi connectivity index (χ3n) is 4.15. The summed E-state index contributed by atoms with van der Waals surface area (Å²) < 4.78 is 11.0. The summed E-state index contributed by atoms with van der Waals surface area (Å²) in [6.07, 6.45) is 0.736. The number of aliphatic carboxylic acids is 1. The molecule has 1 aliphatic heterocycles. The smallest absolute Gasteiger partial charge is 0.323 e. The molecule has 3 rings (SSSR count). The maximum Gasteiger partial charge on any atom is 0.323 e. The minimum Gasteiger partial charge on any atom is -0.486 e. The molecule has 0 fully saturated rings. The van der Waals surface area contributed by atoms with Gasteiger partial charge < -0.3 is 19.5 Å². The Morgan fingerprint density at radius 1 is 0.962 bits per heavy atom. The molecule has 136 valence electrons. The molecule has 0 aromatic heterocycles. The summed E-state index contributed by atoms with van der Waals surface area (Å²) in [5, 5.41) is 9.12. The van der Waals surface area contributed by atoms with E-state index in [1.165, 1.54) is 4.90 Å². The fourth-order valence-electron chi connectivity index (χ4n) is 2.85.